The van der Waals surface area contributed by atoms with Crippen LogP contribution in [0.5, 0.6) is 5.75 Å². The van der Waals surface area contributed by atoms with E-state index in [1.54, 1.807) is 13.3 Å². The number of hydrogen-bond acceptors (Lipinski definition) is 7. The third-order valence-electron chi connectivity index (χ3n) is 4.94. The standard InChI is InChI=1S/C22H24ClN3O4/c1-27-10-11-29-15-30-21-13-17(14-25-22(21)23)16-2-3-19-18(12-16)20(4-5-24-19)26-6-8-28-9-7-26/h2-5,12-14H,6-11,15H2,1H3. The lowest BCUT2D eigenvalue weighted by Gasteiger charge is -2.29. The van der Waals surface area contributed by atoms with Gasteiger partial charge >= 0.3 is 0 Å². The highest BCUT2D eigenvalue weighted by Crippen LogP contribution is 2.33. The first-order valence-corrected chi connectivity index (χ1v) is 10.2. The molecule has 1 saturated heterocycles. The molecule has 0 amide bonds. The molecule has 7 nitrogen and oxygen atoms in total. The molecule has 1 aliphatic heterocycles. The second kappa shape index (κ2) is 10.0. The molecular weight excluding hydrogens is 406 g/mol. The molecule has 4 rings (SSSR count). The number of aromatic nitrogens is 2. The van der Waals surface area contributed by atoms with Crippen molar-refractivity contribution in [2.45, 2.75) is 0 Å². The molecule has 158 valence electrons. The molecular formula is C22H24ClN3O4. The number of pyridine rings is 2. The smallest absolute Gasteiger partial charge is 0.189 e. The number of morpholine rings is 1. The van der Waals surface area contributed by atoms with E-state index < -0.39 is 0 Å². The minimum absolute atomic E-state index is 0.0804. The summed E-state index contributed by atoms with van der Waals surface area (Å²) in [5.74, 6) is 0.478. The molecule has 8 heteroatoms. The fraction of sp³-hybridized carbons (Fsp3) is 0.364. The molecule has 30 heavy (non-hydrogen) atoms. The second-order valence-corrected chi connectivity index (χ2v) is 7.20. The first-order valence-electron chi connectivity index (χ1n) is 9.83. The van der Waals surface area contributed by atoms with Gasteiger partial charge in [-0.3, -0.25) is 4.98 Å². The van der Waals surface area contributed by atoms with Gasteiger partial charge in [-0.05, 0) is 29.8 Å². The SMILES string of the molecule is COCCOCOc1cc(-c2ccc3nccc(N4CCOCC4)c3c2)cnc1Cl. The van der Waals surface area contributed by atoms with Crippen molar-refractivity contribution in [3.63, 3.8) is 0 Å². The van der Waals surface area contributed by atoms with Crippen molar-refractivity contribution in [3.8, 4) is 16.9 Å². The first-order chi connectivity index (χ1) is 14.8. The van der Waals surface area contributed by atoms with Gasteiger partial charge in [0, 0.05) is 49.2 Å². The first kappa shape index (κ1) is 20.8. The van der Waals surface area contributed by atoms with Crippen LogP contribution in [-0.4, -0.2) is 63.4 Å². The Bertz CT molecular complexity index is 995. The predicted octanol–water partition coefficient (Wildman–Crippen LogP) is 3.79. The normalized spacial score (nSPS) is 14.3. The average Bonchev–Trinajstić information content (AvgIpc) is 2.80. The molecule has 0 aliphatic carbocycles. The minimum Gasteiger partial charge on any atom is -0.464 e. The van der Waals surface area contributed by atoms with Gasteiger partial charge in [-0.25, -0.2) is 4.98 Å². The largest absolute Gasteiger partial charge is 0.464 e. The van der Waals surface area contributed by atoms with E-state index in [1.807, 2.05) is 24.4 Å². The number of hydrogen-bond donors (Lipinski definition) is 0. The molecule has 1 fully saturated rings. The number of anilines is 1. The van der Waals surface area contributed by atoms with Crippen LogP contribution < -0.4 is 9.64 Å². The second-order valence-electron chi connectivity index (χ2n) is 6.84. The van der Waals surface area contributed by atoms with Crippen LogP contribution in [0.15, 0.2) is 42.7 Å². The van der Waals surface area contributed by atoms with Gasteiger partial charge in [0.15, 0.2) is 17.7 Å². The Labute approximate surface area is 180 Å². The zero-order valence-corrected chi connectivity index (χ0v) is 17.6. The number of ether oxygens (including phenoxy) is 4. The summed E-state index contributed by atoms with van der Waals surface area (Å²) in [7, 11) is 1.62. The monoisotopic (exact) mass is 429 g/mol. The van der Waals surface area contributed by atoms with E-state index in [4.69, 9.17) is 30.5 Å². The van der Waals surface area contributed by atoms with Crippen molar-refractivity contribution in [1.82, 2.24) is 9.97 Å². The summed E-state index contributed by atoms with van der Waals surface area (Å²) in [5, 5.41) is 1.39. The van der Waals surface area contributed by atoms with Gasteiger partial charge < -0.3 is 23.8 Å². The summed E-state index contributed by atoms with van der Waals surface area (Å²) in [5.41, 5.74) is 4.03. The van der Waals surface area contributed by atoms with Crippen molar-refractivity contribution in [3.05, 3.63) is 47.9 Å². The third kappa shape index (κ3) is 4.82. The molecule has 0 bridgehead atoms. The van der Waals surface area contributed by atoms with Crippen LogP contribution in [0.2, 0.25) is 5.15 Å². The van der Waals surface area contributed by atoms with Gasteiger partial charge in [-0.2, -0.15) is 0 Å². The molecule has 0 spiro atoms. The van der Waals surface area contributed by atoms with E-state index in [2.05, 4.69) is 27.0 Å². The van der Waals surface area contributed by atoms with E-state index >= 15 is 0 Å². The maximum Gasteiger partial charge on any atom is 0.189 e. The van der Waals surface area contributed by atoms with Gasteiger partial charge in [0.1, 0.15) is 0 Å². The molecule has 0 unspecified atom stereocenters. The van der Waals surface area contributed by atoms with Crippen LogP contribution in [0, 0.1) is 0 Å². The molecule has 0 radical (unpaired) electrons. The summed E-state index contributed by atoms with van der Waals surface area (Å²) in [6, 6.07) is 10.1. The maximum absolute atomic E-state index is 6.20. The number of halogens is 1. The van der Waals surface area contributed by atoms with Crippen LogP contribution in [-0.2, 0) is 14.2 Å². The van der Waals surface area contributed by atoms with Gasteiger partial charge in [0.05, 0.1) is 31.9 Å². The fourth-order valence-electron chi connectivity index (χ4n) is 3.38. The number of methoxy groups -OCH3 is 1. The van der Waals surface area contributed by atoms with E-state index in [0.717, 1.165) is 54.0 Å². The Kier molecular flexibility index (Phi) is 6.96. The molecule has 3 heterocycles. The van der Waals surface area contributed by atoms with E-state index in [1.165, 1.54) is 0 Å². The number of benzene rings is 1. The molecule has 0 atom stereocenters. The van der Waals surface area contributed by atoms with Crippen LogP contribution in [0.1, 0.15) is 0 Å². The average molecular weight is 430 g/mol. The number of nitrogens with zero attached hydrogens (tertiary/aromatic N) is 3. The molecule has 0 saturated carbocycles. The number of rotatable bonds is 8. The lowest BCUT2D eigenvalue weighted by Crippen LogP contribution is -2.36. The highest BCUT2D eigenvalue weighted by Gasteiger charge is 2.15. The molecule has 1 aliphatic rings. The minimum atomic E-state index is 0.0804. The van der Waals surface area contributed by atoms with Crippen molar-refractivity contribution >= 4 is 28.2 Å². The van der Waals surface area contributed by atoms with Crippen LogP contribution in [0.25, 0.3) is 22.0 Å². The quantitative estimate of drug-likeness (QED) is 0.306. The van der Waals surface area contributed by atoms with Gasteiger partial charge in [0.25, 0.3) is 0 Å². The highest BCUT2D eigenvalue weighted by molar-refractivity contribution is 6.30. The Hall–Kier alpha value is -2.45. The summed E-state index contributed by atoms with van der Waals surface area (Å²) >= 11 is 6.20. The van der Waals surface area contributed by atoms with Crippen LogP contribution >= 0.6 is 11.6 Å². The summed E-state index contributed by atoms with van der Waals surface area (Å²) in [6.45, 7) is 4.24. The van der Waals surface area contributed by atoms with Crippen molar-refractivity contribution in [2.24, 2.45) is 0 Å². The predicted molar refractivity (Wildman–Crippen MR) is 116 cm³/mol. The van der Waals surface area contributed by atoms with Crippen LogP contribution in [0.4, 0.5) is 5.69 Å². The number of fused-ring (bicyclic) bond motifs is 1. The summed E-state index contributed by atoms with van der Waals surface area (Å²) in [6.07, 6.45) is 3.60. The lowest BCUT2D eigenvalue weighted by atomic mass is 10.0. The Morgan fingerprint density at radius 2 is 1.93 bits per heavy atom. The van der Waals surface area contributed by atoms with Crippen molar-refractivity contribution in [1.29, 1.82) is 0 Å². The fourth-order valence-corrected chi connectivity index (χ4v) is 3.54. The van der Waals surface area contributed by atoms with E-state index in [9.17, 15) is 0 Å². The maximum atomic E-state index is 6.20. The van der Waals surface area contributed by atoms with Crippen LogP contribution in [0.3, 0.4) is 0 Å². The van der Waals surface area contributed by atoms with Gasteiger partial charge in [-0.1, -0.05) is 17.7 Å². The Morgan fingerprint density at radius 3 is 2.77 bits per heavy atom. The van der Waals surface area contributed by atoms with Gasteiger partial charge in [0.2, 0.25) is 0 Å². The summed E-state index contributed by atoms with van der Waals surface area (Å²) < 4.78 is 21.5. The molecule has 0 N–H and O–H groups in total. The third-order valence-corrected chi connectivity index (χ3v) is 5.22. The van der Waals surface area contributed by atoms with E-state index in [-0.39, 0.29) is 6.79 Å². The molecule has 1 aromatic carbocycles. The van der Waals surface area contributed by atoms with Crippen molar-refractivity contribution < 1.29 is 18.9 Å². The highest BCUT2D eigenvalue weighted by atomic mass is 35.5. The van der Waals surface area contributed by atoms with Crippen molar-refractivity contribution in [2.75, 3.05) is 58.3 Å². The Morgan fingerprint density at radius 1 is 1.07 bits per heavy atom. The topological polar surface area (TPSA) is 65.9 Å². The molecule has 2 aromatic heterocycles. The Balaban J connectivity index is 1.60. The van der Waals surface area contributed by atoms with E-state index in [0.29, 0.717) is 24.1 Å². The molecule has 3 aromatic rings. The van der Waals surface area contributed by atoms with Gasteiger partial charge in [-0.15, -0.1) is 0 Å². The zero-order valence-electron chi connectivity index (χ0n) is 16.8. The zero-order chi connectivity index (χ0) is 20.8. The lowest BCUT2D eigenvalue weighted by molar-refractivity contribution is -0.00855. The summed E-state index contributed by atoms with van der Waals surface area (Å²) in [4.78, 5) is 11.1.